The van der Waals surface area contributed by atoms with Crippen LogP contribution in [0.4, 0.5) is 0 Å². The van der Waals surface area contributed by atoms with Crippen molar-refractivity contribution in [2.75, 3.05) is 0 Å². The Bertz CT molecular complexity index is 290. The largest absolute Gasteiger partial charge is 1.00 e. The molecule has 0 saturated carbocycles. The fourth-order valence-corrected chi connectivity index (χ4v) is 1.08. The van der Waals surface area contributed by atoms with Crippen molar-refractivity contribution in [1.82, 2.24) is 4.98 Å². The summed E-state index contributed by atoms with van der Waals surface area (Å²) < 4.78 is 0. The van der Waals surface area contributed by atoms with Crippen molar-refractivity contribution in [1.29, 1.82) is 0 Å². The minimum atomic E-state index is -0.970. The van der Waals surface area contributed by atoms with E-state index in [1.54, 1.807) is 12.3 Å². The van der Waals surface area contributed by atoms with Gasteiger partial charge in [-0.2, -0.15) is 0 Å². The first kappa shape index (κ1) is 13.6. The Balaban J connectivity index is 0. The first-order valence-electron chi connectivity index (χ1n) is 4.42. The third kappa shape index (κ3) is 4.22. The monoisotopic (exact) mass is 203 g/mol. The summed E-state index contributed by atoms with van der Waals surface area (Å²) in [7, 11) is 0. The van der Waals surface area contributed by atoms with E-state index in [0.717, 1.165) is 24.8 Å². The average Bonchev–Trinajstić information content (AvgIpc) is 2.15. The summed E-state index contributed by atoms with van der Waals surface area (Å²) in [5, 5.41) is 8.59. The second-order valence-corrected chi connectivity index (χ2v) is 2.96. The molecule has 1 heterocycles. The van der Waals surface area contributed by atoms with E-state index in [4.69, 9.17) is 5.11 Å². The summed E-state index contributed by atoms with van der Waals surface area (Å²) in [6.45, 7) is 2.12. The fraction of sp³-hybridized carbons (Fsp3) is 0.400. The molecule has 0 spiro atoms. The molecule has 0 radical (unpaired) electrons. The van der Waals surface area contributed by atoms with Gasteiger partial charge in [-0.15, -0.1) is 0 Å². The van der Waals surface area contributed by atoms with Gasteiger partial charge >= 0.3 is 35.5 Å². The average molecular weight is 203 g/mol. The summed E-state index contributed by atoms with van der Waals surface area (Å²) in [6, 6.07) is 3.37. The third-order valence-corrected chi connectivity index (χ3v) is 1.86. The molecule has 0 aliphatic heterocycles. The summed E-state index contributed by atoms with van der Waals surface area (Å²) in [6.07, 6.45) is 4.87. The van der Waals surface area contributed by atoms with Gasteiger partial charge in [0.2, 0.25) is 0 Å². The number of nitrogens with zero attached hydrogens (tertiary/aromatic N) is 1. The van der Waals surface area contributed by atoms with Crippen LogP contribution in [0.5, 0.6) is 0 Å². The molecule has 0 unspecified atom stereocenters. The number of aromatic nitrogens is 1. The standard InChI is InChI=1S/C10H13NO2.Na.H/c1-2-3-4-8-5-6-9(10(12)13)11-7-8;;/h5-7H,2-4H2,1H3,(H,12,13);;/q;+1;-1. The molecule has 0 saturated heterocycles. The zero-order valence-corrected chi connectivity index (χ0v) is 10.7. The van der Waals surface area contributed by atoms with E-state index < -0.39 is 5.97 Å². The molecule has 0 aliphatic carbocycles. The van der Waals surface area contributed by atoms with E-state index in [0.29, 0.717) is 0 Å². The summed E-state index contributed by atoms with van der Waals surface area (Å²) in [5.74, 6) is -0.970. The van der Waals surface area contributed by atoms with Gasteiger partial charge in [-0.05, 0) is 24.5 Å². The SMILES string of the molecule is CCCCc1ccc(C(=O)O)nc1.[H-].[Na+]. The maximum atomic E-state index is 10.5. The predicted octanol–water partition coefficient (Wildman–Crippen LogP) is -0.761. The Morgan fingerprint density at radius 1 is 1.57 bits per heavy atom. The Morgan fingerprint density at radius 2 is 2.29 bits per heavy atom. The van der Waals surface area contributed by atoms with Crippen molar-refractivity contribution < 1.29 is 40.9 Å². The second-order valence-electron chi connectivity index (χ2n) is 2.96. The van der Waals surface area contributed by atoms with Gasteiger partial charge in [-0.25, -0.2) is 9.78 Å². The third-order valence-electron chi connectivity index (χ3n) is 1.86. The van der Waals surface area contributed by atoms with Crippen molar-refractivity contribution in [2.24, 2.45) is 0 Å². The molecule has 0 fully saturated rings. The van der Waals surface area contributed by atoms with Crippen molar-refractivity contribution in [2.45, 2.75) is 26.2 Å². The molecule has 1 rings (SSSR count). The van der Waals surface area contributed by atoms with E-state index in [1.165, 1.54) is 0 Å². The molecule has 0 amide bonds. The number of carbonyl (C=O) groups is 1. The minimum Gasteiger partial charge on any atom is -1.00 e. The topological polar surface area (TPSA) is 50.2 Å². The number of pyridine rings is 1. The summed E-state index contributed by atoms with van der Waals surface area (Å²) in [4.78, 5) is 14.3. The Hall–Kier alpha value is -0.380. The number of hydrogen-bond donors (Lipinski definition) is 1. The Morgan fingerprint density at radius 3 is 2.71 bits per heavy atom. The number of aromatic carboxylic acids is 1. The van der Waals surface area contributed by atoms with Gasteiger partial charge in [0.25, 0.3) is 0 Å². The number of aryl methyl sites for hydroxylation is 1. The van der Waals surface area contributed by atoms with E-state index in [1.807, 2.05) is 6.07 Å². The minimum absolute atomic E-state index is 0. The molecule has 0 bridgehead atoms. The molecule has 0 aliphatic rings. The van der Waals surface area contributed by atoms with Crippen LogP contribution in [0.1, 0.15) is 37.2 Å². The smallest absolute Gasteiger partial charge is 1.00 e. The van der Waals surface area contributed by atoms with E-state index >= 15 is 0 Å². The molecule has 72 valence electrons. The van der Waals surface area contributed by atoms with E-state index in [9.17, 15) is 4.79 Å². The van der Waals surface area contributed by atoms with Crippen LogP contribution in [0.25, 0.3) is 0 Å². The van der Waals surface area contributed by atoms with Gasteiger partial charge in [-0.3, -0.25) is 0 Å². The Labute approximate surface area is 107 Å². The number of carboxylic acid groups (broad SMARTS) is 1. The zero-order chi connectivity index (χ0) is 9.68. The van der Waals surface area contributed by atoms with Crippen molar-refractivity contribution in [3.63, 3.8) is 0 Å². The fourth-order valence-electron chi connectivity index (χ4n) is 1.08. The van der Waals surface area contributed by atoms with Gasteiger partial charge in [0.05, 0.1) is 0 Å². The second kappa shape index (κ2) is 6.98. The number of rotatable bonds is 4. The molecular weight excluding hydrogens is 189 g/mol. The molecular formula is C10H14NNaO2. The van der Waals surface area contributed by atoms with Gasteiger partial charge in [-0.1, -0.05) is 19.4 Å². The van der Waals surface area contributed by atoms with Crippen molar-refractivity contribution in [3.05, 3.63) is 29.6 Å². The molecule has 1 N–H and O–H groups in total. The molecule has 1 aromatic heterocycles. The molecule has 4 heteroatoms. The van der Waals surface area contributed by atoms with Crippen molar-refractivity contribution in [3.8, 4) is 0 Å². The molecule has 3 nitrogen and oxygen atoms in total. The van der Waals surface area contributed by atoms with Crippen LogP contribution in [0.3, 0.4) is 0 Å². The van der Waals surface area contributed by atoms with Crippen LogP contribution in [0.15, 0.2) is 18.3 Å². The van der Waals surface area contributed by atoms with Gasteiger partial charge in [0.1, 0.15) is 5.69 Å². The number of unbranched alkanes of at least 4 members (excludes halogenated alkanes) is 1. The quantitative estimate of drug-likeness (QED) is 0.654. The first-order chi connectivity index (χ1) is 6.24. The predicted molar refractivity (Wildman–Crippen MR) is 50.9 cm³/mol. The maximum Gasteiger partial charge on any atom is 1.00 e. The molecule has 1 aromatic rings. The first-order valence-corrected chi connectivity index (χ1v) is 4.42. The van der Waals surface area contributed by atoms with Gasteiger partial charge < -0.3 is 6.53 Å². The Kier molecular flexibility index (Phi) is 6.79. The van der Waals surface area contributed by atoms with Crippen LogP contribution in [-0.4, -0.2) is 16.1 Å². The number of carboxylic acids is 1. The normalized spacial score (nSPS) is 9.21. The van der Waals surface area contributed by atoms with E-state index in [2.05, 4.69) is 11.9 Å². The van der Waals surface area contributed by atoms with E-state index in [-0.39, 0.29) is 36.7 Å². The van der Waals surface area contributed by atoms with Crippen LogP contribution in [0, 0.1) is 0 Å². The maximum absolute atomic E-state index is 10.5. The summed E-state index contributed by atoms with van der Waals surface area (Å²) in [5.41, 5.74) is 1.21. The van der Waals surface area contributed by atoms with Gasteiger partial charge in [0, 0.05) is 6.20 Å². The molecule has 0 atom stereocenters. The van der Waals surface area contributed by atoms with Crippen LogP contribution in [-0.2, 0) is 6.42 Å². The number of hydrogen-bond acceptors (Lipinski definition) is 2. The van der Waals surface area contributed by atoms with Crippen molar-refractivity contribution >= 4 is 5.97 Å². The molecule has 14 heavy (non-hydrogen) atoms. The van der Waals surface area contributed by atoms with Crippen LogP contribution >= 0.6 is 0 Å². The molecule has 0 aromatic carbocycles. The summed E-state index contributed by atoms with van der Waals surface area (Å²) >= 11 is 0. The van der Waals surface area contributed by atoms with Gasteiger partial charge in [0.15, 0.2) is 0 Å². The zero-order valence-electron chi connectivity index (χ0n) is 9.66. The van der Waals surface area contributed by atoms with Crippen LogP contribution < -0.4 is 29.6 Å². The van der Waals surface area contributed by atoms with Crippen LogP contribution in [0.2, 0.25) is 0 Å².